The minimum absolute atomic E-state index is 0.0181. The van der Waals surface area contributed by atoms with Gasteiger partial charge in [-0.25, -0.2) is 0 Å². The van der Waals surface area contributed by atoms with Crippen molar-refractivity contribution >= 4 is 11.8 Å². The maximum absolute atomic E-state index is 13.5. The summed E-state index contributed by atoms with van der Waals surface area (Å²) >= 11 is 0. The van der Waals surface area contributed by atoms with Crippen molar-refractivity contribution in [1.29, 1.82) is 0 Å². The average Bonchev–Trinajstić information content (AvgIpc) is 3.24. The second kappa shape index (κ2) is 10.7. The predicted molar refractivity (Wildman–Crippen MR) is 122 cm³/mol. The van der Waals surface area contributed by atoms with Gasteiger partial charge >= 0.3 is 0 Å². The molecule has 0 unspecified atom stereocenters. The molecule has 2 fully saturated rings. The molecule has 0 spiro atoms. The number of ether oxygens (including phenoxy) is 2. The Morgan fingerprint density at radius 1 is 1.18 bits per heavy atom. The molecule has 2 saturated heterocycles. The number of carbonyl (C=O) groups is 2. The van der Waals surface area contributed by atoms with Crippen LogP contribution in [-0.2, 0) is 33.7 Å². The van der Waals surface area contributed by atoms with Gasteiger partial charge in [-0.1, -0.05) is 11.2 Å². The van der Waals surface area contributed by atoms with Gasteiger partial charge in [0.15, 0.2) is 0 Å². The zero-order valence-electron chi connectivity index (χ0n) is 19.5. The van der Waals surface area contributed by atoms with Crippen LogP contribution in [0.1, 0.15) is 53.1 Å². The lowest BCUT2D eigenvalue weighted by molar-refractivity contribution is -0.132. The highest BCUT2D eigenvalue weighted by Crippen LogP contribution is 2.26. The molecule has 2 aliphatic heterocycles. The molecule has 0 saturated carbocycles. The Balaban J connectivity index is 1.33. The molecule has 1 aliphatic carbocycles. The van der Waals surface area contributed by atoms with Crippen molar-refractivity contribution < 1.29 is 23.6 Å². The first-order valence-electron chi connectivity index (χ1n) is 12.3. The SMILES string of the molecule is O=C1CN(C(=O)c2onc3c2CCCC3)C[C@@H](OCc2cccnc2)CN1CC1CCOCC1. The number of hydrogen-bond donors (Lipinski definition) is 0. The van der Waals surface area contributed by atoms with Crippen LogP contribution in [0, 0.1) is 5.92 Å². The van der Waals surface area contributed by atoms with Crippen LogP contribution in [0.5, 0.6) is 0 Å². The van der Waals surface area contributed by atoms with Crippen molar-refractivity contribution in [3.63, 3.8) is 0 Å². The molecular formula is C25H32N4O5. The van der Waals surface area contributed by atoms with Crippen molar-refractivity contribution in [2.24, 2.45) is 5.92 Å². The highest BCUT2D eigenvalue weighted by atomic mass is 16.5. The minimum Gasteiger partial charge on any atom is -0.381 e. The van der Waals surface area contributed by atoms with E-state index in [4.69, 9.17) is 14.0 Å². The number of carbonyl (C=O) groups excluding carboxylic acids is 2. The van der Waals surface area contributed by atoms with Crippen LogP contribution in [-0.4, -0.2) is 77.3 Å². The number of nitrogens with zero attached hydrogens (tertiary/aromatic N) is 4. The largest absolute Gasteiger partial charge is 0.381 e. The second-order valence-electron chi connectivity index (χ2n) is 9.48. The van der Waals surface area contributed by atoms with E-state index in [1.54, 1.807) is 17.3 Å². The number of amides is 2. The van der Waals surface area contributed by atoms with Gasteiger partial charge in [-0.05, 0) is 56.1 Å². The monoisotopic (exact) mass is 468 g/mol. The number of aromatic nitrogens is 2. The van der Waals surface area contributed by atoms with Crippen LogP contribution in [0.25, 0.3) is 0 Å². The molecule has 1 atom stereocenters. The first-order valence-corrected chi connectivity index (χ1v) is 12.3. The fourth-order valence-corrected chi connectivity index (χ4v) is 5.06. The summed E-state index contributed by atoms with van der Waals surface area (Å²) < 4.78 is 17.2. The summed E-state index contributed by atoms with van der Waals surface area (Å²) in [6.07, 6.45) is 8.76. The quantitative estimate of drug-likeness (QED) is 0.641. The van der Waals surface area contributed by atoms with Gasteiger partial charge in [0.05, 0.1) is 18.4 Å². The van der Waals surface area contributed by atoms with Gasteiger partial charge < -0.3 is 23.8 Å². The lowest BCUT2D eigenvalue weighted by Gasteiger charge is -2.30. The Kier molecular flexibility index (Phi) is 7.20. The maximum atomic E-state index is 13.5. The van der Waals surface area contributed by atoms with E-state index in [-0.39, 0.29) is 30.2 Å². The summed E-state index contributed by atoms with van der Waals surface area (Å²) in [7, 11) is 0. The normalized spacial score (nSPS) is 21.9. The molecule has 34 heavy (non-hydrogen) atoms. The molecule has 0 aromatic carbocycles. The highest BCUT2D eigenvalue weighted by Gasteiger charge is 2.35. The fraction of sp³-hybridized carbons (Fsp3) is 0.600. The van der Waals surface area contributed by atoms with Crippen molar-refractivity contribution in [3.8, 4) is 0 Å². The molecule has 0 radical (unpaired) electrons. The summed E-state index contributed by atoms with van der Waals surface area (Å²) in [5, 5.41) is 4.13. The number of rotatable bonds is 6. The lowest BCUT2D eigenvalue weighted by Crippen LogP contribution is -2.42. The Labute approximate surface area is 199 Å². The van der Waals surface area contributed by atoms with E-state index < -0.39 is 0 Å². The smallest absolute Gasteiger partial charge is 0.293 e. The predicted octanol–water partition coefficient (Wildman–Crippen LogP) is 2.24. The van der Waals surface area contributed by atoms with Crippen LogP contribution in [0.4, 0.5) is 0 Å². The summed E-state index contributed by atoms with van der Waals surface area (Å²) in [6.45, 7) is 3.29. The van der Waals surface area contributed by atoms with E-state index in [2.05, 4.69) is 10.1 Å². The van der Waals surface area contributed by atoms with Crippen LogP contribution in [0.3, 0.4) is 0 Å². The Hall–Kier alpha value is -2.78. The van der Waals surface area contributed by atoms with Gasteiger partial charge in [0, 0.05) is 50.8 Å². The Morgan fingerprint density at radius 2 is 2.03 bits per heavy atom. The number of aryl methyl sites for hydroxylation is 1. The van der Waals surface area contributed by atoms with Crippen molar-refractivity contribution in [2.75, 3.05) is 39.4 Å². The number of hydrogen-bond acceptors (Lipinski definition) is 7. The Bertz CT molecular complexity index is 988. The molecule has 5 rings (SSSR count). The molecule has 9 nitrogen and oxygen atoms in total. The third kappa shape index (κ3) is 5.31. The van der Waals surface area contributed by atoms with Gasteiger partial charge in [0.2, 0.25) is 11.7 Å². The van der Waals surface area contributed by atoms with Crippen molar-refractivity contribution in [3.05, 3.63) is 47.1 Å². The third-order valence-corrected chi connectivity index (χ3v) is 7.00. The molecule has 0 N–H and O–H groups in total. The van der Waals surface area contributed by atoms with E-state index in [0.717, 1.165) is 68.6 Å². The van der Waals surface area contributed by atoms with Crippen LogP contribution >= 0.6 is 0 Å². The summed E-state index contributed by atoms with van der Waals surface area (Å²) in [4.78, 5) is 34.4. The standard InChI is InChI=1S/C25H32N4O5/c30-23-16-29(25(31)24-21-5-1-2-6-22(21)27-34-24)15-20(33-17-19-4-3-9-26-12-19)14-28(23)13-18-7-10-32-11-8-18/h3-4,9,12,18,20H,1-2,5-8,10-11,13-17H2/t20-/m0/s1. The molecular weight excluding hydrogens is 436 g/mol. The first-order chi connectivity index (χ1) is 16.7. The zero-order valence-corrected chi connectivity index (χ0v) is 19.5. The Morgan fingerprint density at radius 3 is 2.85 bits per heavy atom. The highest BCUT2D eigenvalue weighted by molar-refractivity contribution is 5.95. The van der Waals surface area contributed by atoms with Gasteiger partial charge in [-0.15, -0.1) is 0 Å². The summed E-state index contributed by atoms with van der Waals surface area (Å²) in [6, 6.07) is 3.83. The zero-order chi connectivity index (χ0) is 23.3. The van der Waals surface area contributed by atoms with E-state index in [9.17, 15) is 9.59 Å². The van der Waals surface area contributed by atoms with Crippen molar-refractivity contribution in [1.82, 2.24) is 19.9 Å². The van der Waals surface area contributed by atoms with E-state index in [1.807, 2.05) is 17.0 Å². The molecule has 0 bridgehead atoms. The van der Waals surface area contributed by atoms with Crippen LogP contribution in [0.15, 0.2) is 29.0 Å². The maximum Gasteiger partial charge on any atom is 0.293 e. The van der Waals surface area contributed by atoms with Crippen LogP contribution in [0.2, 0.25) is 0 Å². The fourth-order valence-electron chi connectivity index (χ4n) is 5.06. The molecule has 3 aliphatic rings. The lowest BCUT2D eigenvalue weighted by atomic mass is 9.96. The van der Waals surface area contributed by atoms with Gasteiger partial charge in [0.1, 0.15) is 6.54 Å². The molecule has 2 aromatic heterocycles. The topological polar surface area (TPSA) is 98.0 Å². The molecule has 9 heteroatoms. The molecule has 182 valence electrons. The van der Waals surface area contributed by atoms with Gasteiger partial charge in [-0.3, -0.25) is 14.6 Å². The number of pyridine rings is 1. The molecule has 2 aromatic rings. The average molecular weight is 469 g/mol. The molecule has 4 heterocycles. The van der Waals surface area contributed by atoms with Crippen LogP contribution < -0.4 is 0 Å². The van der Waals surface area contributed by atoms with Gasteiger partial charge in [0.25, 0.3) is 5.91 Å². The van der Waals surface area contributed by atoms with Gasteiger partial charge in [-0.2, -0.15) is 0 Å². The second-order valence-corrected chi connectivity index (χ2v) is 9.48. The summed E-state index contributed by atoms with van der Waals surface area (Å²) in [5.41, 5.74) is 2.73. The number of fused-ring (bicyclic) bond motifs is 1. The summed E-state index contributed by atoms with van der Waals surface area (Å²) in [5.74, 6) is 0.360. The van der Waals surface area contributed by atoms with E-state index in [1.165, 1.54) is 0 Å². The van der Waals surface area contributed by atoms with E-state index in [0.29, 0.717) is 32.2 Å². The first kappa shape index (κ1) is 23.0. The van der Waals surface area contributed by atoms with E-state index >= 15 is 0 Å². The third-order valence-electron chi connectivity index (χ3n) is 7.00. The minimum atomic E-state index is -0.311. The van der Waals surface area contributed by atoms with Crippen molar-refractivity contribution in [2.45, 2.75) is 51.2 Å². The molecule has 2 amide bonds.